The first-order valence-electron chi connectivity index (χ1n) is 12.2. The molecule has 2 saturated carbocycles. The maximum atomic E-state index is 15.6. The van der Waals surface area contributed by atoms with Gasteiger partial charge >= 0.3 is 0 Å². The summed E-state index contributed by atoms with van der Waals surface area (Å²) in [7, 11) is 0. The molecule has 6 rings (SSSR count). The first-order chi connectivity index (χ1) is 17.0. The van der Waals surface area contributed by atoms with Gasteiger partial charge in [-0.15, -0.1) is 0 Å². The van der Waals surface area contributed by atoms with Gasteiger partial charge in [-0.25, -0.2) is 14.2 Å². The van der Waals surface area contributed by atoms with Crippen molar-refractivity contribution in [1.29, 1.82) is 0 Å². The lowest BCUT2D eigenvalue weighted by Crippen LogP contribution is -2.32. The molecule has 3 aromatic rings. The lowest BCUT2D eigenvalue weighted by molar-refractivity contribution is 0.340. The zero-order chi connectivity index (χ0) is 24.2. The van der Waals surface area contributed by atoms with Crippen LogP contribution in [0.2, 0.25) is 0 Å². The van der Waals surface area contributed by atoms with Crippen molar-refractivity contribution in [2.75, 3.05) is 18.0 Å². The summed E-state index contributed by atoms with van der Waals surface area (Å²) in [5.74, 6) is -1.03. The van der Waals surface area contributed by atoms with Crippen LogP contribution in [0.4, 0.5) is 20.3 Å². The molecule has 0 unspecified atom stereocenters. The molecule has 2 aliphatic carbocycles. The normalized spacial score (nSPS) is 18.8. The van der Waals surface area contributed by atoms with E-state index in [-0.39, 0.29) is 22.7 Å². The summed E-state index contributed by atoms with van der Waals surface area (Å²) in [6.07, 6.45) is 9.24. The highest BCUT2D eigenvalue weighted by atomic mass is 19.1. The molecule has 0 atom stereocenters. The fourth-order valence-corrected chi connectivity index (χ4v) is 5.67. The van der Waals surface area contributed by atoms with Crippen LogP contribution in [0.15, 0.2) is 41.3 Å². The van der Waals surface area contributed by atoms with Crippen molar-refractivity contribution in [3.8, 4) is 17.1 Å². The van der Waals surface area contributed by atoms with Crippen LogP contribution in [-0.4, -0.2) is 27.6 Å². The van der Waals surface area contributed by atoms with E-state index in [0.29, 0.717) is 30.3 Å². The maximum absolute atomic E-state index is 15.6. The van der Waals surface area contributed by atoms with Gasteiger partial charge < -0.3 is 4.90 Å². The Hall–Kier alpha value is -3.60. The van der Waals surface area contributed by atoms with Gasteiger partial charge in [0.25, 0.3) is 5.56 Å². The summed E-state index contributed by atoms with van der Waals surface area (Å²) in [5.41, 5.74) is 0.815. The Kier molecular flexibility index (Phi) is 5.17. The van der Waals surface area contributed by atoms with Crippen LogP contribution in [0, 0.1) is 23.6 Å². The highest BCUT2D eigenvalue weighted by molar-refractivity contribution is 5.65. The minimum Gasteiger partial charge on any atom is -0.353 e. The largest absolute Gasteiger partial charge is 0.353 e. The van der Waals surface area contributed by atoms with Crippen molar-refractivity contribution in [1.82, 2.24) is 14.5 Å². The van der Waals surface area contributed by atoms with Crippen LogP contribution >= 0.6 is 0 Å². The third kappa shape index (κ3) is 3.79. The van der Waals surface area contributed by atoms with E-state index in [1.165, 1.54) is 25.0 Å². The highest BCUT2D eigenvalue weighted by Crippen LogP contribution is 2.46. The van der Waals surface area contributed by atoms with Crippen LogP contribution in [0.3, 0.4) is 0 Å². The highest BCUT2D eigenvalue weighted by Gasteiger charge is 2.41. The van der Waals surface area contributed by atoms with Gasteiger partial charge in [-0.05, 0) is 55.7 Å². The summed E-state index contributed by atoms with van der Waals surface area (Å²) in [5, 5.41) is 0. The second-order valence-electron chi connectivity index (χ2n) is 10.1. The summed E-state index contributed by atoms with van der Waals surface area (Å²) >= 11 is 0. The van der Waals surface area contributed by atoms with Gasteiger partial charge in [0.2, 0.25) is 11.5 Å². The quantitative estimate of drug-likeness (QED) is 0.452. The SMILES string of the molecule is [C-]#[N+]c1ccc(-c2nc(N3CCC4(CCCC4)C3)c(F)c(=O)n2-c2ccc(C3CC3)nc2)cc1F. The van der Waals surface area contributed by atoms with E-state index in [2.05, 4.69) is 14.8 Å². The van der Waals surface area contributed by atoms with Gasteiger partial charge in [0.15, 0.2) is 5.82 Å². The molecule has 1 aromatic carbocycles. The maximum Gasteiger partial charge on any atom is 0.296 e. The molecular weight excluding hydrogens is 448 g/mol. The summed E-state index contributed by atoms with van der Waals surface area (Å²) in [4.78, 5) is 27.6. The monoisotopic (exact) mass is 473 g/mol. The molecule has 1 spiro atoms. The summed E-state index contributed by atoms with van der Waals surface area (Å²) < 4.78 is 31.4. The Labute approximate surface area is 202 Å². The topological polar surface area (TPSA) is 55.4 Å². The molecule has 0 amide bonds. The van der Waals surface area contributed by atoms with Crippen LogP contribution < -0.4 is 10.5 Å². The average Bonchev–Trinajstić information content (AvgIpc) is 3.49. The van der Waals surface area contributed by atoms with Crippen LogP contribution in [0.25, 0.3) is 21.9 Å². The third-order valence-corrected chi connectivity index (χ3v) is 7.76. The Morgan fingerprint density at radius 1 is 1.09 bits per heavy atom. The van der Waals surface area contributed by atoms with Crippen LogP contribution in [-0.2, 0) is 0 Å². The Balaban J connectivity index is 1.50. The number of pyridine rings is 1. The molecule has 0 bridgehead atoms. The number of halogens is 2. The Morgan fingerprint density at radius 3 is 2.54 bits per heavy atom. The first-order valence-corrected chi connectivity index (χ1v) is 12.2. The third-order valence-electron chi connectivity index (χ3n) is 7.76. The van der Waals surface area contributed by atoms with Gasteiger partial charge in [-0.1, -0.05) is 25.0 Å². The predicted molar refractivity (Wildman–Crippen MR) is 129 cm³/mol. The van der Waals surface area contributed by atoms with Crippen molar-refractivity contribution in [3.05, 3.63) is 75.6 Å². The number of aromatic nitrogens is 3. The number of hydrogen-bond acceptors (Lipinski definition) is 4. The molecule has 0 N–H and O–H groups in total. The van der Waals surface area contributed by atoms with Gasteiger partial charge in [0.05, 0.1) is 18.5 Å². The van der Waals surface area contributed by atoms with Gasteiger partial charge in [-0.3, -0.25) is 14.3 Å². The minimum absolute atomic E-state index is 0.0160. The lowest BCUT2D eigenvalue weighted by atomic mass is 9.86. The molecule has 2 aromatic heterocycles. The van der Waals surface area contributed by atoms with E-state index in [9.17, 15) is 9.18 Å². The second-order valence-corrected chi connectivity index (χ2v) is 10.1. The fraction of sp³-hybridized carbons (Fsp3) is 0.407. The molecule has 178 valence electrons. The van der Waals surface area contributed by atoms with E-state index in [0.717, 1.165) is 42.4 Å². The zero-order valence-corrected chi connectivity index (χ0v) is 19.3. The van der Waals surface area contributed by atoms with E-state index >= 15 is 4.39 Å². The van der Waals surface area contributed by atoms with Gasteiger partial charge in [-0.2, -0.15) is 4.39 Å². The number of nitrogens with zero attached hydrogens (tertiary/aromatic N) is 5. The fourth-order valence-electron chi connectivity index (χ4n) is 5.67. The van der Waals surface area contributed by atoms with Crippen molar-refractivity contribution in [2.45, 2.75) is 50.9 Å². The van der Waals surface area contributed by atoms with Crippen LogP contribution in [0.5, 0.6) is 0 Å². The predicted octanol–water partition coefficient (Wildman–Crippen LogP) is 5.77. The van der Waals surface area contributed by atoms with Crippen molar-refractivity contribution in [3.63, 3.8) is 0 Å². The number of anilines is 1. The van der Waals surface area contributed by atoms with E-state index in [1.807, 2.05) is 11.0 Å². The lowest BCUT2D eigenvalue weighted by Gasteiger charge is -2.25. The molecule has 8 heteroatoms. The van der Waals surface area contributed by atoms with Crippen molar-refractivity contribution >= 4 is 11.5 Å². The Morgan fingerprint density at radius 2 is 1.89 bits per heavy atom. The van der Waals surface area contributed by atoms with E-state index in [4.69, 9.17) is 6.57 Å². The molecule has 0 radical (unpaired) electrons. The second kappa shape index (κ2) is 8.26. The number of rotatable bonds is 4. The summed E-state index contributed by atoms with van der Waals surface area (Å²) in [6.45, 7) is 8.44. The first kappa shape index (κ1) is 21.9. The number of benzene rings is 1. The van der Waals surface area contributed by atoms with Crippen molar-refractivity contribution in [2.24, 2.45) is 5.41 Å². The molecule has 35 heavy (non-hydrogen) atoms. The molecule has 3 fully saturated rings. The minimum atomic E-state index is -0.909. The average molecular weight is 474 g/mol. The van der Waals surface area contributed by atoms with Crippen molar-refractivity contribution < 1.29 is 8.78 Å². The zero-order valence-electron chi connectivity index (χ0n) is 19.3. The smallest absolute Gasteiger partial charge is 0.296 e. The van der Waals surface area contributed by atoms with Gasteiger partial charge in [0.1, 0.15) is 11.6 Å². The molecule has 3 heterocycles. The standard InChI is InChI=1S/C27H25F2N5O/c1-30-22-8-6-18(14-20(22)28)24-32-25(33-13-12-27(16-33)10-2-3-11-27)23(29)26(35)34(24)19-7-9-21(31-15-19)17-4-5-17/h6-9,14-15,17H,2-5,10-13,16H2. The summed E-state index contributed by atoms with van der Waals surface area (Å²) in [6, 6.07) is 7.67. The van der Waals surface area contributed by atoms with Crippen LogP contribution in [0.1, 0.15) is 56.6 Å². The molecule has 1 aliphatic heterocycles. The Bertz CT molecular complexity index is 1400. The molecule has 1 saturated heterocycles. The van der Waals surface area contributed by atoms with Gasteiger partial charge in [0, 0.05) is 30.3 Å². The van der Waals surface area contributed by atoms with E-state index in [1.54, 1.807) is 18.3 Å². The molecule has 6 nitrogen and oxygen atoms in total. The number of hydrogen-bond donors (Lipinski definition) is 0. The molecule has 3 aliphatic rings. The molecular formula is C27H25F2N5O. The van der Waals surface area contributed by atoms with E-state index < -0.39 is 17.2 Å².